The van der Waals surface area contributed by atoms with Crippen LogP contribution in [0.5, 0.6) is 5.75 Å². The summed E-state index contributed by atoms with van der Waals surface area (Å²) < 4.78 is 6.27. The van der Waals surface area contributed by atoms with E-state index in [1.807, 2.05) is 6.07 Å². The summed E-state index contributed by atoms with van der Waals surface area (Å²) in [5, 5.41) is 0. The van der Waals surface area contributed by atoms with Gasteiger partial charge in [0.15, 0.2) is 0 Å². The van der Waals surface area contributed by atoms with Crippen molar-refractivity contribution in [1.82, 2.24) is 0 Å². The second-order valence-corrected chi connectivity index (χ2v) is 5.75. The average Bonchev–Trinajstić information content (AvgIpc) is 2.62. The summed E-state index contributed by atoms with van der Waals surface area (Å²) in [5.74, 6) is 1.40. The fraction of sp³-hybridized carbons (Fsp3) is 0.143. The number of rotatable bonds is 2. The number of benzene rings is 3. The molecule has 0 N–H and O–H groups in total. The normalized spacial score (nSPS) is 20.0. The van der Waals surface area contributed by atoms with E-state index in [2.05, 4.69) is 78.9 Å². The third-order valence-corrected chi connectivity index (χ3v) is 4.39. The molecule has 0 fully saturated rings. The summed E-state index contributed by atoms with van der Waals surface area (Å²) in [7, 11) is 0. The molecule has 0 spiro atoms. The molecule has 0 saturated carbocycles. The maximum absolute atomic E-state index is 6.27. The minimum Gasteiger partial charge on any atom is -0.485 e. The third kappa shape index (κ3) is 2.39. The van der Waals surface area contributed by atoms with E-state index >= 15 is 0 Å². The zero-order chi connectivity index (χ0) is 14.8. The molecule has 22 heavy (non-hydrogen) atoms. The lowest BCUT2D eigenvalue weighted by molar-refractivity contribution is 0.167. The molecule has 1 aliphatic heterocycles. The first kappa shape index (κ1) is 13.1. The van der Waals surface area contributed by atoms with E-state index in [1.54, 1.807) is 0 Å². The van der Waals surface area contributed by atoms with Crippen molar-refractivity contribution >= 4 is 0 Å². The van der Waals surface area contributed by atoms with Gasteiger partial charge in [0.05, 0.1) is 0 Å². The quantitative estimate of drug-likeness (QED) is 0.617. The largest absolute Gasteiger partial charge is 0.485 e. The van der Waals surface area contributed by atoms with Crippen LogP contribution in [-0.4, -0.2) is 0 Å². The highest BCUT2D eigenvalue weighted by Crippen LogP contribution is 2.44. The Morgan fingerprint density at radius 2 is 1.23 bits per heavy atom. The molecule has 3 aromatic rings. The van der Waals surface area contributed by atoms with E-state index in [4.69, 9.17) is 4.74 Å². The molecule has 1 aliphatic rings. The van der Waals surface area contributed by atoms with Crippen molar-refractivity contribution in [1.29, 1.82) is 0 Å². The molecule has 0 aliphatic carbocycles. The van der Waals surface area contributed by atoms with Crippen molar-refractivity contribution in [2.75, 3.05) is 0 Å². The molecule has 3 aromatic carbocycles. The van der Waals surface area contributed by atoms with Gasteiger partial charge in [-0.15, -0.1) is 0 Å². The van der Waals surface area contributed by atoms with Gasteiger partial charge in [-0.2, -0.15) is 0 Å². The third-order valence-electron chi connectivity index (χ3n) is 4.39. The fourth-order valence-corrected chi connectivity index (χ4v) is 3.29. The Bertz CT molecular complexity index is 749. The van der Waals surface area contributed by atoms with Crippen LogP contribution in [0.25, 0.3) is 0 Å². The molecule has 2 atom stereocenters. The molecular weight excluding hydrogens is 268 g/mol. The number of para-hydroxylation sites is 1. The van der Waals surface area contributed by atoms with Crippen LogP contribution in [0.1, 0.15) is 35.1 Å². The van der Waals surface area contributed by atoms with Crippen LogP contribution in [0.15, 0.2) is 84.9 Å². The molecule has 0 unspecified atom stereocenters. The van der Waals surface area contributed by atoms with Crippen LogP contribution < -0.4 is 4.74 Å². The summed E-state index contributed by atoms with van der Waals surface area (Å²) in [6.45, 7) is 0. The highest BCUT2D eigenvalue weighted by atomic mass is 16.5. The van der Waals surface area contributed by atoms with E-state index in [0.717, 1.165) is 12.2 Å². The molecule has 0 aromatic heterocycles. The smallest absolute Gasteiger partial charge is 0.125 e. The average molecular weight is 286 g/mol. The maximum atomic E-state index is 6.27. The van der Waals surface area contributed by atoms with Gasteiger partial charge in [-0.05, 0) is 23.6 Å². The molecule has 4 rings (SSSR count). The molecular formula is C21H18O. The van der Waals surface area contributed by atoms with Gasteiger partial charge in [0.1, 0.15) is 11.9 Å². The summed E-state index contributed by atoms with van der Waals surface area (Å²) >= 11 is 0. The second kappa shape index (κ2) is 5.69. The second-order valence-electron chi connectivity index (χ2n) is 5.75. The van der Waals surface area contributed by atoms with E-state index in [9.17, 15) is 0 Å². The Hall–Kier alpha value is -2.54. The van der Waals surface area contributed by atoms with Crippen molar-refractivity contribution < 1.29 is 4.74 Å². The van der Waals surface area contributed by atoms with E-state index in [-0.39, 0.29) is 6.10 Å². The predicted molar refractivity (Wildman–Crippen MR) is 89.2 cm³/mol. The van der Waals surface area contributed by atoms with E-state index < -0.39 is 0 Å². The monoisotopic (exact) mass is 286 g/mol. The van der Waals surface area contributed by atoms with Gasteiger partial charge < -0.3 is 4.74 Å². The van der Waals surface area contributed by atoms with Crippen LogP contribution in [-0.2, 0) is 0 Å². The summed E-state index contributed by atoms with van der Waals surface area (Å²) in [6, 6.07) is 29.7. The lowest BCUT2D eigenvalue weighted by Crippen LogP contribution is -2.19. The first-order chi connectivity index (χ1) is 10.9. The number of ether oxygens (including phenoxy) is 1. The maximum Gasteiger partial charge on any atom is 0.125 e. The van der Waals surface area contributed by atoms with Crippen molar-refractivity contribution in [3.8, 4) is 5.75 Å². The van der Waals surface area contributed by atoms with Crippen LogP contribution in [0.4, 0.5) is 0 Å². The molecule has 108 valence electrons. The lowest BCUT2D eigenvalue weighted by Gasteiger charge is -2.33. The van der Waals surface area contributed by atoms with Crippen LogP contribution in [0.2, 0.25) is 0 Å². The Kier molecular flexibility index (Phi) is 3.40. The minimum absolute atomic E-state index is 0.112. The molecule has 0 amide bonds. The Morgan fingerprint density at radius 3 is 1.95 bits per heavy atom. The molecule has 0 radical (unpaired) electrons. The van der Waals surface area contributed by atoms with Gasteiger partial charge in [0.25, 0.3) is 0 Å². The van der Waals surface area contributed by atoms with Gasteiger partial charge in [0.2, 0.25) is 0 Å². The predicted octanol–water partition coefficient (Wildman–Crippen LogP) is 5.34. The first-order valence-corrected chi connectivity index (χ1v) is 7.77. The fourth-order valence-electron chi connectivity index (χ4n) is 3.29. The number of fused-ring (bicyclic) bond motifs is 1. The van der Waals surface area contributed by atoms with Crippen molar-refractivity contribution in [3.05, 3.63) is 102 Å². The van der Waals surface area contributed by atoms with E-state index in [1.165, 1.54) is 16.7 Å². The Morgan fingerprint density at radius 1 is 0.636 bits per heavy atom. The highest BCUT2D eigenvalue weighted by molar-refractivity contribution is 5.44. The minimum atomic E-state index is 0.112. The number of hydrogen-bond acceptors (Lipinski definition) is 1. The van der Waals surface area contributed by atoms with Crippen molar-refractivity contribution in [3.63, 3.8) is 0 Å². The highest BCUT2D eigenvalue weighted by Gasteiger charge is 2.29. The summed E-state index contributed by atoms with van der Waals surface area (Å²) in [5.41, 5.74) is 3.90. The molecule has 1 heterocycles. The van der Waals surface area contributed by atoms with Crippen LogP contribution >= 0.6 is 0 Å². The van der Waals surface area contributed by atoms with Crippen molar-refractivity contribution in [2.45, 2.75) is 18.4 Å². The van der Waals surface area contributed by atoms with Crippen molar-refractivity contribution in [2.24, 2.45) is 0 Å². The first-order valence-electron chi connectivity index (χ1n) is 7.77. The summed E-state index contributed by atoms with van der Waals surface area (Å²) in [6.07, 6.45) is 1.09. The van der Waals surface area contributed by atoms with Gasteiger partial charge in [-0.3, -0.25) is 0 Å². The Labute approximate surface area is 131 Å². The van der Waals surface area contributed by atoms with Gasteiger partial charge in [-0.25, -0.2) is 0 Å². The van der Waals surface area contributed by atoms with Crippen LogP contribution in [0.3, 0.4) is 0 Å². The standard InChI is InChI=1S/C21H18O/c1-3-9-16(10-4-1)19-15-21(17-11-5-2-6-12-17)22-20-14-8-7-13-18(19)20/h1-14,19,21H,15H2/t19-,21+/m1/s1. The molecule has 0 bridgehead atoms. The van der Waals surface area contributed by atoms with Gasteiger partial charge in [0, 0.05) is 11.5 Å². The van der Waals surface area contributed by atoms with E-state index in [0.29, 0.717) is 5.92 Å². The molecule has 1 heteroatoms. The van der Waals surface area contributed by atoms with Gasteiger partial charge in [-0.1, -0.05) is 78.9 Å². The summed E-state index contributed by atoms with van der Waals surface area (Å²) in [4.78, 5) is 0. The SMILES string of the molecule is c1ccc([C@H]2C[C@@H](c3ccccc3)Oc3ccccc32)cc1. The van der Waals surface area contributed by atoms with Crippen LogP contribution in [0, 0.1) is 0 Å². The molecule has 0 saturated heterocycles. The zero-order valence-electron chi connectivity index (χ0n) is 12.4. The molecule has 1 nitrogen and oxygen atoms in total. The van der Waals surface area contributed by atoms with Gasteiger partial charge >= 0.3 is 0 Å². The topological polar surface area (TPSA) is 9.23 Å². The lowest BCUT2D eigenvalue weighted by atomic mass is 9.83. The number of hydrogen-bond donors (Lipinski definition) is 0. The zero-order valence-corrected chi connectivity index (χ0v) is 12.4. The Balaban J connectivity index is 1.77.